The van der Waals surface area contributed by atoms with Crippen molar-refractivity contribution < 1.29 is 4.79 Å². The molecule has 0 spiro atoms. The largest absolute Gasteiger partial charge is 0.343 e. The average molecular weight is 411 g/mol. The summed E-state index contributed by atoms with van der Waals surface area (Å²) < 4.78 is 2.23. The lowest BCUT2D eigenvalue weighted by Crippen LogP contribution is -2.34. The number of nitrogens with zero attached hydrogens (tertiary/aromatic N) is 4. The molecule has 0 radical (unpaired) electrons. The zero-order valence-corrected chi connectivity index (χ0v) is 17.0. The second-order valence-electron chi connectivity index (χ2n) is 7.47. The van der Waals surface area contributed by atoms with Gasteiger partial charge in [0.05, 0.1) is 16.8 Å². The van der Waals surface area contributed by atoms with Crippen LogP contribution in [0.1, 0.15) is 11.1 Å². The molecule has 0 atom stereocenters. The first kappa shape index (κ1) is 17.2. The number of nitrogens with one attached hydrogen (secondary N) is 1. The lowest BCUT2D eigenvalue weighted by atomic mass is 10.1. The van der Waals surface area contributed by atoms with E-state index in [0.29, 0.717) is 5.82 Å². The molecule has 0 unspecified atom stereocenters. The maximum atomic E-state index is 12.9. The van der Waals surface area contributed by atoms with Crippen LogP contribution in [0.15, 0.2) is 66.4 Å². The van der Waals surface area contributed by atoms with Crippen molar-refractivity contribution in [2.75, 3.05) is 10.2 Å². The molecule has 1 aliphatic rings. The molecule has 0 aliphatic carbocycles. The minimum atomic E-state index is -0.209. The summed E-state index contributed by atoms with van der Waals surface area (Å²) in [6.45, 7) is 2.91. The molecule has 2 amide bonds. The molecule has 6 rings (SSSR count). The molecule has 6 nitrogen and oxygen atoms in total. The number of fused-ring (bicyclic) bond motifs is 1. The van der Waals surface area contributed by atoms with Gasteiger partial charge in [-0.05, 0) is 36.8 Å². The number of hydrogen-bond acceptors (Lipinski definition) is 4. The van der Waals surface area contributed by atoms with Crippen LogP contribution in [-0.2, 0) is 6.54 Å². The molecule has 7 heteroatoms. The van der Waals surface area contributed by atoms with Gasteiger partial charge < -0.3 is 9.88 Å². The van der Waals surface area contributed by atoms with Crippen LogP contribution >= 0.6 is 11.3 Å². The number of carbonyl (C=O) groups is 1. The Morgan fingerprint density at radius 1 is 1.10 bits per heavy atom. The van der Waals surface area contributed by atoms with Gasteiger partial charge in [0.15, 0.2) is 5.82 Å². The molecule has 146 valence electrons. The monoisotopic (exact) mass is 411 g/mol. The van der Waals surface area contributed by atoms with Crippen molar-refractivity contribution in [1.82, 2.24) is 14.5 Å². The minimum absolute atomic E-state index is 0.209. The molecular formula is C23H17N5OS. The van der Waals surface area contributed by atoms with Gasteiger partial charge in [-0.25, -0.2) is 19.7 Å². The van der Waals surface area contributed by atoms with Crippen LogP contribution in [0, 0.1) is 6.92 Å². The molecule has 1 aliphatic heterocycles. The number of benzene rings is 2. The van der Waals surface area contributed by atoms with Gasteiger partial charge in [0.1, 0.15) is 11.2 Å². The number of urea groups is 1. The molecular weight excluding hydrogens is 394 g/mol. The summed E-state index contributed by atoms with van der Waals surface area (Å²) in [5.41, 5.74) is 5.20. The zero-order valence-electron chi connectivity index (χ0n) is 16.2. The van der Waals surface area contributed by atoms with Gasteiger partial charge in [0.2, 0.25) is 0 Å². The Bertz CT molecular complexity index is 1450. The van der Waals surface area contributed by atoms with Gasteiger partial charge >= 0.3 is 6.03 Å². The fraction of sp³-hybridized carbons (Fsp3) is 0.0870. The van der Waals surface area contributed by atoms with Gasteiger partial charge in [0, 0.05) is 29.0 Å². The van der Waals surface area contributed by atoms with Crippen molar-refractivity contribution in [3.05, 3.63) is 77.6 Å². The summed E-state index contributed by atoms with van der Waals surface area (Å²) in [6, 6.07) is 16.5. The zero-order chi connectivity index (χ0) is 20.2. The molecule has 0 saturated carbocycles. The van der Waals surface area contributed by atoms with Crippen molar-refractivity contribution >= 4 is 55.7 Å². The lowest BCUT2D eigenvalue weighted by molar-refractivity contribution is 0.258. The normalized spacial score (nSPS) is 13.2. The third-order valence-corrected chi connectivity index (χ3v) is 6.34. The number of thiophene rings is 1. The highest BCUT2D eigenvalue weighted by Crippen LogP contribution is 2.41. The van der Waals surface area contributed by atoms with E-state index in [1.54, 1.807) is 4.90 Å². The van der Waals surface area contributed by atoms with E-state index >= 15 is 0 Å². The maximum absolute atomic E-state index is 12.9. The first-order valence-electron chi connectivity index (χ1n) is 9.65. The van der Waals surface area contributed by atoms with Gasteiger partial charge in [0.25, 0.3) is 0 Å². The highest BCUT2D eigenvalue weighted by molar-refractivity contribution is 7.17. The summed E-state index contributed by atoms with van der Waals surface area (Å²) in [7, 11) is 0. The molecule has 0 fully saturated rings. The first-order valence-corrected chi connectivity index (χ1v) is 10.5. The molecule has 3 aromatic heterocycles. The molecule has 1 N–H and O–H groups in total. The Balaban J connectivity index is 1.42. The van der Waals surface area contributed by atoms with E-state index in [-0.39, 0.29) is 6.03 Å². The molecule has 0 bridgehead atoms. The summed E-state index contributed by atoms with van der Waals surface area (Å²) in [5, 5.41) is 6.83. The number of aryl methyl sites for hydroxylation is 1. The fourth-order valence-corrected chi connectivity index (χ4v) is 4.93. The van der Waals surface area contributed by atoms with Crippen LogP contribution in [0.4, 0.5) is 22.0 Å². The summed E-state index contributed by atoms with van der Waals surface area (Å²) >= 11 is 1.50. The van der Waals surface area contributed by atoms with E-state index in [1.807, 2.05) is 17.5 Å². The second-order valence-corrected chi connectivity index (χ2v) is 8.33. The smallest absolute Gasteiger partial charge is 0.332 e. The standard InChI is InChI=1S/C23H17N5OS/c1-14-3-2-4-15(9-14)11-27-8-7-16-10-17(5-6-19(16)27)28-21-20-18(26-23(28)29)12-30-22(20)25-13-24-21/h2-10,12-13H,11H2,1H3,(H,26,29). The Labute approximate surface area is 176 Å². The Hall–Kier alpha value is -3.71. The van der Waals surface area contributed by atoms with Crippen molar-refractivity contribution in [1.29, 1.82) is 0 Å². The van der Waals surface area contributed by atoms with Crippen molar-refractivity contribution in [2.24, 2.45) is 0 Å². The van der Waals surface area contributed by atoms with Crippen LogP contribution in [0.5, 0.6) is 0 Å². The van der Waals surface area contributed by atoms with E-state index < -0.39 is 0 Å². The topological polar surface area (TPSA) is 63.1 Å². The highest BCUT2D eigenvalue weighted by Gasteiger charge is 2.29. The van der Waals surface area contributed by atoms with Crippen molar-refractivity contribution in [3.8, 4) is 0 Å². The fourth-order valence-electron chi connectivity index (χ4n) is 4.10. The van der Waals surface area contributed by atoms with Crippen LogP contribution in [0.3, 0.4) is 0 Å². The predicted molar refractivity (Wildman–Crippen MR) is 121 cm³/mol. The molecule has 5 aromatic rings. The van der Waals surface area contributed by atoms with Gasteiger partial charge in [-0.1, -0.05) is 29.8 Å². The highest BCUT2D eigenvalue weighted by atomic mass is 32.1. The minimum Gasteiger partial charge on any atom is -0.343 e. The van der Waals surface area contributed by atoms with E-state index in [2.05, 4.69) is 69.4 Å². The Morgan fingerprint density at radius 3 is 2.93 bits per heavy atom. The third-order valence-electron chi connectivity index (χ3n) is 5.45. The second kappa shape index (κ2) is 6.40. The predicted octanol–water partition coefficient (Wildman–Crippen LogP) is 5.69. The first-order chi connectivity index (χ1) is 14.7. The SMILES string of the molecule is Cc1cccc(Cn2ccc3cc(N4C(=O)Nc5csc6ncnc4c56)ccc32)c1. The lowest BCUT2D eigenvalue weighted by Gasteiger charge is -2.26. The number of anilines is 3. The number of carbonyl (C=O) groups excluding carboxylic acids is 1. The summed E-state index contributed by atoms with van der Waals surface area (Å²) in [5.74, 6) is 0.624. The summed E-state index contributed by atoms with van der Waals surface area (Å²) in [6.07, 6.45) is 3.60. The molecule has 2 aromatic carbocycles. The van der Waals surface area contributed by atoms with Crippen molar-refractivity contribution in [2.45, 2.75) is 13.5 Å². The van der Waals surface area contributed by atoms with E-state index in [0.717, 1.165) is 39.0 Å². The molecule has 30 heavy (non-hydrogen) atoms. The maximum Gasteiger partial charge on any atom is 0.332 e. The van der Waals surface area contributed by atoms with Gasteiger partial charge in [-0.2, -0.15) is 0 Å². The van der Waals surface area contributed by atoms with Crippen LogP contribution in [-0.4, -0.2) is 20.6 Å². The summed E-state index contributed by atoms with van der Waals surface area (Å²) in [4.78, 5) is 24.1. The quantitative estimate of drug-likeness (QED) is 0.415. The van der Waals surface area contributed by atoms with Gasteiger partial charge in [-0.3, -0.25) is 0 Å². The van der Waals surface area contributed by atoms with Crippen LogP contribution in [0.25, 0.3) is 21.1 Å². The average Bonchev–Trinajstić information content (AvgIpc) is 3.33. The third kappa shape index (κ3) is 2.59. The Kier molecular flexibility index (Phi) is 3.66. The number of hydrogen-bond donors (Lipinski definition) is 1. The number of aromatic nitrogens is 3. The molecule has 0 saturated heterocycles. The van der Waals surface area contributed by atoms with Crippen LogP contribution < -0.4 is 10.2 Å². The van der Waals surface area contributed by atoms with Gasteiger partial charge in [-0.15, -0.1) is 11.3 Å². The van der Waals surface area contributed by atoms with E-state index in [4.69, 9.17) is 0 Å². The Morgan fingerprint density at radius 2 is 2.03 bits per heavy atom. The number of amides is 2. The van der Waals surface area contributed by atoms with Crippen molar-refractivity contribution in [3.63, 3.8) is 0 Å². The van der Waals surface area contributed by atoms with Crippen LogP contribution in [0.2, 0.25) is 0 Å². The van der Waals surface area contributed by atoms with E-state index in [9.17, 15) is 4.79 Å². The molecule has 4 heterocycles. The van der Waals surface area contributed by atoms with E-state index in [1.165, 1.54) is 28.8 Å². The number of rotatable bonds is 3.